The van der Waals surface area contributed by atoms with Crippen LogP contribution in [0.5, 0.6) is 0 Å². The van der Waals surface area contributed by atoms with Crippen LogP contribution in [0.25, 0.3) is 0 Å². The van der Waals surface area contributed by atoms with Gasteiger partial charge in [0, 0.05) is 37.4 Å². The average Bonchev–Trinajstić information content (AvgIpc) is 2.64. The van der Waals surface area contributed by atoms with Crippen molar-refractivity contribution in [2.45, 2.75) is 52.1 Å². The number of nitrogens with zero attached hydrogens (tertiary/aromatic N) is 4. The van der Waals surface area contributed by atoms with Crippen molar-refractivity contribution in [2.24, 2.45) is 5.41 Å². The topological polar surface area (TPSA) is 49.3 Å². The smallest absolute Gasteiger partial charge is 0.261 e. The van der Waals surface area contributed by atoms with Crippen molar-refractivity contribution in [1.29, 1.82) is 0 Å². The van der Waals surface area contributed by atoms with Crippen LogP contribution in [0.1, 0.15) is 42.0 Å². The maximum Gasteiger partial charge on any atom is 0.261 e. The molecule has 0 aromatic carbocycles. The molecule has 0 saturated carbocycles. The van der Waals surface area contributed by atoms with Crippen LogP contribution in [-0.2, 0) is 17.9 Å². The van der Waals surface area contributed by atoms with E-state index in [1.165, 1.54) is 0 Å². The first-order valence-electron chi connectivity index (χ1n) is 10.5. The molecule has 4 rings (SSSR count). The van der Waals surface area contributed by atoms with Gasteiger partial charge < -0.3 is 4.90 Å². The van der Waals surface area contributed by atoms with Crippen molar-refractivity contribution in [3.63, 3.8) is 0 Å². The van der Waals surface area contributed by atoms with E-state index in [9.17, 15) is 13.6 Å². The number of rotatable bonds is 4. The van der Waals surface area contributed by atoms with Crippen LogP contribution in [0.4, 0.5) is 8.78 Å². The van der Waals surface area contributed by atoms with Crippen LogP contribution in [0, 0.1) is 19.3 Å². The number of likely N-dealkylation sites (tertiary alicyclic amines) is 2. The van der Waals surface area contributed by atoms with E-state index in [-0.39, 0.29) is 18.9 Å². The number of hydrogen-bond donors (Lipinski definition) is 0. The van der Waals surface area contributed by atoms with Crippen molar-refractivity contribution in [3.8, 4) is 0 Å². The van der Waals surface area contributed by atoms with Crippen LogP contribution in [0.2, 0.25) is 0 Å². The highest BCUT2D eigenvalue weighted by Gasteiger charge is 2.55. The fraction of sp³-hybridized carbons (Fsp3) is 0.522. The molecule has 2 aliphatic heterocycles. The highest BCUT2D eigenvalue weighted by Crippen LogP contribution is 2.45. The second kappa shape index (κ2) is 8.02. The fourth-order valence-corrected chi connectivity index (χ4v) is 4.94. The molecule has 0 N–H and O–H groups in total. The van der Waals surface area contributed by atoms with Gasteiger partial charge in [0.15, 0.2) is 0 Å². The quantitative estimate of drug-likeness (QED) is 0.765. The van der Waals surface area contributed by atoms with E-state index in [1.807, 2.05) is 50.2 Å². The highest BCUT2D eigenvalue weighted by atomic mass is 19.3. The third-order valence-electron chi connectivity index (χ3n) is 6.03. The third kappa shape index (κ3) is 4.51. The Morgan fingerprint density at radius 1 is 0.967 bits per heavy atom. The van der Waals surface area contributed by atoms with E-state index in [2.05, 4.69) is 9.97 Å². The summed E-state index contributed by atoms with van der Waals surface area (Å²) in [5.41, 5.74) is 2.24. The van der Waals surface area contributed by atoms with E-state index in [1.54, 1.807) is 9.80 Å². The summed E-state index contributed by atoms with van der Waals surface area (Å²) in [6.07, 6.45) is 0.843. The summed E-state index contributed by atoms with van der Waals surface area (Å²) in [6.45, 7) is 5.08. The zero-order chi connectivity index (χ0) is 21.4. The summed E-state index contributed by atoms with van der Waals surface area (Å²) >= 11 is 0. The van der Waals surface area contributed by atoms with Gasteiger partial charge in [-0.25, -0.2) is 8.78 Å². The van der Waals surface area contributed by atoms with Gasteiger partial charge in [-0.05, 0) is 51.0 Å². The standard InChI is InChI=1S/C23H28F2N4O/c1-17-6-3-8-19(26-17)12-28-15-22(14-23(24,25)16-28)10-5-11-29(21(22)30)13-20-9-4-7-18(2)27-20/h3-4,6-9H,5,10-16H2,1-2H3. The number of halogens is 2. The van der Waals surface area contributed by atoms with Gasteiger partial charge in [-0.1, -0.05) is 12.1 Å². The second-order valence-electron chi connectivity index (χ2n) is 8.83. The summed E-state index contributed by atoms with van der Waals surface area (Å²) in [4.78, 5) is 25.8. The Morgan fingerprint density at radius 2 is 1.60 bits per heavy atom. The molecule has 5 nitrogen and oxygen atoms in total. The van der Waals surface area contributed by atoms with Gasteiger partial charge in [-0.15, -0.1) is 0 Å². The number of hydrogen-bond acceptors (Lipinski definition) is 4. The zero-order valence-corrected chi connectivity index (χ0v) is 17.6. The van der Waals surface area contributed by atoms with Crippen molar-refractivity contribution < 1.29 is 13.6 Å². The normalized spacial score (nSPS) is 24.4. The molecule has 2 aromatic heterocycles. The number of carbonyl (C=O) groups is 1. The molecular formula is C23H28F2N4O. The Balaban J connectivity index is 1.55. The second-order valence-corrected chi connectivity index (χ2v) is 8.83. The van der Waals surface area contributed by atoms with Crippen LogP contribution >= 0.6 is 0 Å². The molecule has 2 fully saturated rings. The summed E-state index contributed by atoms with van der Waals surface area (Å²) in [5, 5.41) is 0. The first kappa shape index (κ1) is 20.8. The predicted molar refractivity (Wildman–Crippen MR) is 110 cm³/mol. The minimum Gasteiger partial charge on any atom is -0.336 e. The Hall–Kier alpha value is -2.41. The number of piperidine rings is 2. The number of amides is 1. The Kier molecular flexibility index (Phi) is 5.57. The summed E-state index contributed by atoms with van der Waals surface area (Å²) < 4.78 is 29.6. The lowest BCUT2D eigenvalue weighted by Crippen LogP contribution is -2.60. The zero-order valence-electron chi connectivity index (χ0n) is 17.6. The molecule has 0 bridgehead atoms. The van der Waals surface area contributed by atoms with Crippen molar-refractivity contribution >= 4 is 5.91 Å². The number of aromatic nitrogens is 2. The van der Waals surface area contributed by atoms with Gasteiger partial charge in [0.05, 0.1) is 29.9 Å². The molecule has 1 spiro atoms. The Bertz CT molecular complexity index is 935. The lowest BCUT2D eigenvalue weighted by Gasteiger charge is -2.49. The predicted octanol–water partition coefficient (Wildman–Crippen LogP) is 3.74. The number of carbonyl (C=O) groups excluding carboxylic acids is 1. The number of pyridine rings is 2. The van der Waals surface area contributed by atoms with Gasteiger partial charge in [0.1, 0.15) is 0 Å². The minimum atomic E-state index is -2.90. The molecule has 1 amide bonds. The largest absolute Gasteiger partial charge is 0.336 e. The van der Waals surface area contributed by atoms with Crippen molar-refractivity contribution in [2.75, 3.05) is 19.6 Å². The van der Waals surface area contributed by atoms with Gasteiger partial charge in [-0.3, -0.25) is 19.7 Å². The molecule has 4 heterocycles. The monoisotopic (exact) mass is 414 g/mol. The molecule has 0 aliphatic carbocycles. The first-order chi connectivity index (χ1) is 14.2. The SMILES string of the molecule is Cc1cccc(CN2CC(F)(F)CC3(CCCN(Cc4cccc(C)n4)C3=O)C2)n1. The van der Waals surface area contributed by atoms with Gasteiger partial charge in [0.2, 0.25) is 5.91 Å². The van der Waals surface area contributed by atoms with E-state index in [4.69, 9.17) is 0 Å². The van der Waals surface area contributed by atoms with Crippen LogP contribution < -0.4 is 0 Å². The summed E-state index contributed by atoms with van der Waals surface area (Å²) in [7, 11) is 0. The minimum absolute atomic E-state index is 0.168. The van der Waals surface area contributed by atoms with Crippen LogP contribution in [-0.4, -0.2) is 51.2 Å². The molecule has 2 aromatic rings. The molecule has 30 heavy (non-hydrogen) atoms. The Morgan fingerprint density at radius 3 is 2.23 bits per heavy atom. The van der Waals surface area contributed by atoms with Gasteiger partial charge in [0.25, 0.3) is 5.92 Å². The fourth-order valence-electron chi connectivity index (χ4n) is 4.94. The first-order valence-corrected chi connectivity index (χ1v) is 10.5. The molecule has 0 radical (unpaired) electrons. The summed E-state index contributed by atoms with van der Waals surface area (Å²) in [5.74, 6) is -3.07. The average molecular weight is 415 g/mol. The van der Waals surface area contributed by atoms with E-state index in [0.29, 0.717) is 32.6 Å². The summed E-state index contributed by atoms with van der Waals surface area (Å²) in [6, 6.07) is 11.3. The lowest BCUT2D eigenvalue weighted by molar-refractivity contribution is -0.171. The van der Waals surface area contributed by atoms with E-state index >= 15 is 0 Å². The molecule has 7 heteroatoms. The van der Waals surface area contributed by atoms with Gasteiger partial charge in [-0.2, -0.15) is 0 Å². The molecular weight excluding hydrogens is 386 g/mol. The van der Waals surface area contributed by atoms with Crippen LogP contribution in [0.3, 0.4) is 0 Å². The molecule has 1 atom stereocenters. The van der Waals surface area contributed by atoms with E-state index in [0.717, 1.165) is 29.2 Å². The molecule has 160 valence electrons. The maximum atomic E-state index is 14.8. The molecule has 2 saturated heterocycles. The Labute approximate surface area is 176 Å². The van der Waals surface area contributed by atoms with Crippen molar-refractivity contribution in [3.05, 3.63) is 59.2 Å². The maximum absolute atomic E-state index is 14.8. The number of aryl methyl sites for hydroxylation is 2. The lowest BCUT2D eigenvalue weighted by atomic mass is 9.71. The molecule has 2 aliphatic rings. The molecule has 1 unspecified atom stereocenters. The van der Waals surface area contributed by atoms with E-state index < -0.39 is 11.3 Å². The highest BCUT2D eigenvalue weighted by molar-refractivity contribution is 5.84. The number of alkyl halides is 2. The van der Waals surface area contributed by atoms with Crippen LogP contribution in [0.15, 0.2) is 36.4 Å². The van der Waals surface area contributed by atoms with Crippen molar-refractivity contribution in [1.82, 2.24) is 19.8 Å². The van der Waals surface area contributed by atoms with Gasteiger partial charge >= 0.3 is 0 Å². The third-order valence-corrected chi connectivity index (χ3v) is 6.03.